The second-order valence-electron chi connectivity index (χ2n) is 4.89. The van der Waals surface area contributed by atoms with Gasteiger partial charge < -0.3 is 10.4 Å². The van der Waals surface area contributed by atoms with Crippen LogP contribution in [0.5, 0.6) is 0 Å². The van der Waals surface area contributed by atoms with Crippen LogP contribution in [-0.4, -0.2) is 23.7 Å². The molecule has 0 aromatic heterocycles. The Kier molecular flexibility index (Phi) is 4.58. The summed E-state index contributed by atoms with van der Waals surface area (Å²) >= 11 is 0. The number of carbonyl (C=O) groups is 1. The fourth-order valence-corrected chi connectivity index (χ4v) is 2.13. The predicted molar refractivity (Wildman–Crippen MR) is 60.5 cm³/mol. The summed E-state index contributed by atoms with van der Waals surface area (Å²) in [5, 5.41) is 12.2. The molecule has 0 aromatic rings. The van der Waals surface area contributed by atoms with Crippen LogP contribution in [0.4, 0.5) is 0 Å². The third kappa shape index (κ3) is 3.49. The van der Waals surface area contributed by atoms with Crippen molar-refractivity contribution in [1.82, 2.24) is 5.32 Å². The fourth-order valence-electron chi connectivity index (χ4n) is 2.13. The first kappa shape index (κ1) is 12.5. The first-order valence-electron chi connectivity index (χ1n) is 6.05. The Morgan fingerprint density at radius 3 is 2.53 bits per heavy atom. The lowest BCUT2D eigenvalue weighted by molar-refractivity contribution is -0.132. The number of nitrogens with one attached hydrogen (secondary N) is 1. The maximum atomic E-state index is 11.9. The normalized spacial score (nSPS) is 22.1. The third-order valence-electron chi connectivity index (χ3n) is 3.47. The van der Waals surface area contributed by atoms with Crippen molar-refractivity contribution in [3.63, 3.8) is 0 Å². The Morgan fingerprint density at radius 2 is 2.00 bits per heavy atom. The van der Waals surface area contributed by atoms with Crippen molar-refractivity contribution in [3.05, 3.63) is 0 Å². The van der Waals surface area contributed by atoms with Crippen LogP contribution in [-0.2, 0) is 4.79 Å². The van der Waals surface area contributed by atoms with Gasteiger partial charge in [-0.3, -0.25) is 4.79 Å². The molecular weight excluding hydrogens is 190 g/mol. The van der Waals surface area contributed by atoms with Gasteiger partial charge >= 0.3 is 0 Å². The van der Waals surface area contributed by atoms with Crippen LogP contribution in [0, 0.1) is 5.41 Å². The van der Waals surface area contributed by atoms with Crippen molar-refractivity contribution in [3.8, 4) is 0 Å². The zero-order valence-electron chi connectivity index (χ0n) is 9.88. The summed E-state index contributed by atoms with van der Waals surface area (Å²) in [6.45, 7) is 4.35. The smallest absolute Gasteiger partial charge is 0.226 e. The number of aliphatic hydroxyl groups is 1. The number of hydrogen-bond acceptors (Lipinski definition) is 2. The third-order valence-corrected chi connectivity index (χ3v) is 3.47. The minimum absolute atomic E-state index is 0.120. The molecule has 1 fully saturated rings. The Hall–Kier alpha value is -0.570. The zero-order chi connectivity index (χ0) is 11.3. The number of rotatable bonds is 4. The van der Waals surface area contributed by atoms with Crippen molar-refractivity contribution >= 4 is 5.91 Å². The van der Waals surface area contributed by atoms with E-state index in [-0.39, 0.29) is 11.3 Å². The van der Waals surface area contributed by atoms with Gasteiger partial charge in [0.05, 0.1) is 6.10 Å². The van der Waals surface area contributed by atoms with E-state index >= 15 is 0 Å². The van der Waals surface area contributed by atoms with Crippen molar-refractivity contribution in [2.75, 3.05) is 6.54 Å². The van der Waals surface area contributed by atoms with Gasteiger partial charge in [0.25, 0.3) is 0 Å². The number of amides is 1. The molecule has 0 heterocycles. The van der Waals surface area contributed by atoms with Crippen molar-refractivity contribution in [1.29, 1.82) is 0 Å². The molecule has 1 aliphatic rings. The van der Waals surface area contributed by atoms with E-state index in [1.165, 1.54) is 6.42 Å². The van der Waals surface area contributed by atoms with Gasteiger partial charge in [-0.15, -0.1) is 0 Å². The van der Waals surface area contributed by atoms with E-state index in [4.69, 9.17) is 0 Å². The second-order valence-corrected chi connectivity index (χ2v) is 4.89. The molecule has 0 radical (unpaired) electrons. The Balaban J connectivity index is 2.37. The molecule has 1 atom stereocenters. The molecule has 0 spiro atoms. The number of carbonyl (C=O) groups excluding carboxylic acids is 1. The SMILES string of the molecule is CCC(O)CNC(=O)C1(C)CCCCC1. The van der Waals surface area contributed by atoms with Gasteiger partial charge in [0.2, 0.25) is 5.91 Å². The molecule has 1 aliphatic carbocycles. The van der Waals surface area contributed by atoms with Crippen LogP contribution >= 0.6 is 0 Å². The molecule has 2 N–H and O–H groups in total. The minimum atomic E-state index is -0.402. The molecule has 0 aliphatic heterocycles. The van der Waals surface area contributed by atoms with Gasteiger partial charge in [-0.2, -0.15) is 0 Å². The van der Waals surface area contributed by atoms with Crippen LogP contribution in [0.1, 0.15) is 52.4 Å². The van der Waals surface area contributed by atoms with Crippen molar-refractivity contribution in [2.24, 2.45) is 5.41 Å². The highest BCUT2D eigenvalue weighted by Gasteiger charge is 2.34. The Labute approximate surface area is 92.3 Å². The van der Waals surface area contributed by atoms with Gasteiger partial charge in [-0.1, -0.05) is 33.1 Å². The summed E-state index contributed by atoms with van der Waals surface area (Å²) in [6, 6.07) is 0. The monoisotopic (exact) mass is 213 g/mol. The van der Waals surface area contributed by atoms with Gasteiger partial charge in [0, 0.05) is 12.0 Å². The van der Waals surface area contributed by atoms with E-state index in [0.29, 0.717) is 13.0 Å². The maximum absolute atomic E-state index is 11.9. The molecular formula is C12H23NO2. The summed E-state index contributed by atoms with van der Waals surface area (Å²) in [7, 11) is 0. The lowest BCUT2D eigenvalue weighted by Gasteiger charge is -2.32. The van der Waals surface area contributed by atoms with Gasteiger partial charge in [0.15, 0.2) is 0 Å². The molecule has 3 nitrogen and oxygen atoms in total. The van der Waals surface area contributed by atoms with E-state index in [2.05, 4.69) is 5.32 Å². The van der Waals surface area contributed by atoms with Gasteiger partial charge in [0.1, 0.15) is 0 Å². The van der Waals surface area contributed by atoms with Gasteiger partial charge in [-0.05, 0) is 19.3 Å². The van der Waals surface area contributed by atoms with E-state index in [0.717, 1.165) is 25.7 Å². The molecule has 3 heteroatoms. The largest absolute Gasteiger partial charge is 0.391 e. The average Bonchev–Trinajstić information content (AvgIpc) is 2.26. The quantitative estimate of drug-likeness (QED) is 0.748. The Morgan fingerprint density at radius 1 is 1.40 bits per heavy atom. The second kappa shape index (κ2) is 5.50. The topological polar surface area (TPSA) is 49.3 Å². The summed E-state index contributed by atoms with van der Waals surface area (Å²) in [6.07, 6.45) is 5.82. The van der Waals surface area contributed by atoms with Crippen molar-refractivity contribution < 1.29 is 9.90 Å². The fraction of sp³-hybridized carbons (Fsp3) is 0.917. The molecule has 1 rings (SSSR count). The van der Waals surface area contributed by atoms with E-state index in [1.807, 2.05) is 13.8 Å². The highest BCUT2D eigenvalue weighted by atomic mass is 16.3. The number of aliphatic hydroxyl groups excluding tert-OH is 1. The zero-order valence-corrected chi connectivity index (χ0v) is 9.88. The lowest BCUT2D eigenvalue weighted by Crippen LogP contribution is -2.43. The summed E-state index contributed by atoms with van der Waals surface area (Å²) in [4.78, 5) is 11.9. The summed E-state index contributed by atoms with van der Waals surface area (Å²) in [5.41, 5.74) is -0.189. The lowest BCUT2D eigenvalue weighted by atomic mass is 9.75. The molecule has 1 unspecified atom stereocenters. The molecule has 1 amide bonds. The first-order chi connectivity index (χ1) is 7.08. The van der Waals surface area contributed by atoms with E-state index < -0.39 is 6.10 Å². The summed E-state index contributed by atoms with van der Waals surface area (Å²) in [5.74, 6) is 0.120. The first-order valence-corrected chi connectivity index (χ1v) is 6.05. The molecule has 0 aromatic carbocycles. The molecule has 1 saturated carbocycles. The molecule has 88 valence electrons. The Bertz CT molecular complexity index is 210. The molecule has 15 heavy (non-hydrogen) atoms. The predicted octanol–water partition coefficient (Wildman–Crippen LogP) is 1.84. The van der Waals surface area contributed by atoms with Crippen LogP contribution in [0.3, 0.4) is 0 Å². The maximum Gasteiger partial charge on any atom is 0.226 e. The number of hydrogen-bond donors (Lipinski definition) is 2. The van der Waals surface area contributed by atoms with Crippen LogP contribution in [0.15, 0.2) is 0 Å². The van der Waals surface area contributed by atoms with Crippen molar-refractivity contribution in [2.45, 2.75) is 58.5 Å². The summed E-state index contributed by atoms with van der Waals surface area (Å²) < 4.78 is 0. The highest BCUT2D eigenvalue weighted by molar-refractivity contribution is 5.82. The average molecular weight is 213 g/mol. The van der Waals surface area contributed by atoms with E-state index in [1.54, 1.807) is 0 Å². The van der Waals surface area contributed by atoms with Crippen LogP contribution in [0.2, 0.25) is 0 Å². The standard InChI is InChI=1S/C12H23NO2/c1-3-10(14)9-13-11(15)12(2)7-5-4-6-8-12/h10,14H,3-9H2,1-2H3,(H,13,15). The molecule has 0 saturated heterocycles. The highest BCUT2D eigenvalue weighted by Crippen LogP contribution is 2.35. The van der Waals surface area contributed by atoms with E-state index in [9.17, 15) is 9.90 Å². The van der Waals surface area contributed by atoms with Gasteiger partial charge in [-0.25, -0.2) is 0 Å². The van der Waals surface area contributed by atoms with Crippen LogP contribution in [0.25, 0.3) is 0 Å². The molecule has 0 bridgehead atoms. The van der Waals surface area contributed by atoms with Crippen LogP contribution < -0.4 is 5.32 Å². The minimum Gasteiger partial charge on any atom is -0.391 e.